The van der Waals surface area contributed by atoms with Crippen molar-refractivity contribution in [1.82, 2.24) is 0 Å². The van der Waals surface area contributed by atoms with Gasteiger partial charge in [0.15, 0.2) is 0 Å². The van der Waals surface area contributed by atoms with E-state index in [0.717, 1.165) is 28.5 Å². The van der Waals surface area contributed by atoms with E-state index in [0.29, 0.717) is 16.2 Å². The van der Waals surface area contributed by atoms with Gasteiger partial charge in [-0.2, -0.15) is 0 Å². The van der Waals surface area contributed by atoms with Crippen LogP contribution < -0.4 is 14.4 Å². The lowest BCUT2D eigenvalue weighted by Crippen LogP contribution is -2.43. The number of amides is 2. The molecule has 7 nitrogen and oxygen atoms in total. The summed E-state index contributed by atoms with van der Waals surface area (Å²) in [6.07, 6.45) is -0.199. The zero-order chi connectivity index (χ0) is 23.0. The molecule has 4 rings (SSSR count). The van der Waals surface area contributed by atoms with E-state index in [1.165, 1.54) is 17.5 Å². The topological polar surface area (TPSA) is 93.1 Å². The van der Waals surface area contributed by atoms with Crippen LogP contribution in [0.2, 0.25) is 0 Å². The number of nitrogens with zero attached hydrogens (tertiary/aromatic N) is 1. The highest BCUT2D eigenvalue weighted by atomic mass is 32.1. The first-order valence-electron chi connectivity index (χ1n) is 9.57. The number of benzene rings is 2. The van der Waals surface area contributed by atoms with Gasteiger partial charge in [0.25, 0.3) is 5.91 Å². The van der Waals surface area contributed by atoms with Gasteiger partial charge in [0.2, 0.25) is 5.91 Å². The minimum Gasteiger partial charge on any atom is -0.496 e. The molecule has 0 unspecified atom stereocenters. The molecule has 164 valence electrons. The number of carbonyl (C=O) groups is 3. The van der Waals surface area contributed by atoms with Crippen LogP contribution in [0.15, 0.2) is 41.8 Å². The average molecular weight is 455 g/mol. The maximum absolute atomic E-state index is 14.7. The molecule has 0 fully saturated rings. The van der Waals surface area contributed by atoms with Gasteiger partial charge < -0.3 is 14.6 Å². The van der Waals surface area contributed by atoms with Crippen LogP contribution >= 0.6 is 11.3 Å². The molecule has 0 bridgehead atoms. The van der Waals surface area contributed by atoms with Crippen molar-refractivity contribution in [2.24, 2.45) is 0 Å². The summed E-state index contributed by atoms with van der Waals surface area (Å²) in [5, 5.41) is 10.8. The molecule has 1 aliphatic heterocycles. The number of hydrogen-bond acceptors (Lipinski definition) is 6. The van der Waals surface area contributed by atoms with Gasteiger partial charge in [0.1, 0.15) is 28.8 Å². The molecule has 0 aliphatic carbocycles. The number of fused-ring (bicyclic) bond motifs is 1. The van der Waals surface area contributed by atoms with Crippen molar-refractivity contribution in [2.45, 2.75) is 20.0 Å². The van der Waals surface area contributed by atoms with Crippen LogP contribution in [0, 0.1) is 12.7 Å². The molecular formula is C23H18FNO6S. The number of ether oxygens (including phenoxy) is 2. The highest BCUT2D eigenvalue weighted by molar-refractivity contribution is 7.12. The van der Waals surface area contributed by atoms with Crippen molar-refractivity contribution in [2.75, 3.05) is 12.0 Å². The van der Waals surface area contributed by atoms with Crippen LogP contribution in [-0.4, -0.2) is 30.0 Å². The zero-order valence-electron chi connectivity index (χ0n) is 17.2. The lowest BCUT2D eigenvalue weighted by Gasteiger charge is -2.26. The molecule has 2 heterocycles. The van der Waals surface area contributed by atoms with E-state index in [2.05, 4.69) is 0 Å². The second-order valence-corrected chi connectivity index (χ2v) is 8.02. The SMILES string of the molecule is COc1cccc(C)c1COc1ccc(F)c(N2C(=O)Cc3csc(C(=O)O)c3C2=O)c1. The zero-order valence-corrected chi connectivity index (χ0v) is 18.0. The number of carboxylic acids is 1. The summed E-state index contributed by atoms with van der Waals surface area (Å²) < 4.78 is 25.8. The van der Waals surface area contributed by atoms with Crippen molar-refractivity contribution < 1.29 is 33.4 Å². The Bertz CT molecular complexity index is 1250. The van der Waals surface area contributed by atoms with Crippen molar-refractivity contribution in [3.8, 4) is 11.5 Å². The van der Waals surface area contributed by atoms with Crippen LogP contribution in [0.4, 0.5) is 10.1 Å². The number of rotatable bonds is 6. The predicted octanol–water partition coefficient (Wildman–Crippen LogP) is 4.21. The van der Waals surface area contributed by atoms with Crippen molar-refractivity contribution >= 4 is 34.8 Å². The summed E-state index contributed by atoms with van der Waals surface area (Å²) in [5.74, 6) is -2.71. The third-order valence-electron chi connectivity index (χ3n) is 5.20. The summed E-state index contributed by atoms with van der Waals surface area (Å²) >= 11 is 0.865. The average Bonchev–Trinajstić information content (AvgIpc) is 3.19. The largest absolute Gasteiger partial charge is 0.496 e. The maximum Gasteiger partial charge on any atom is 0.346 e. The molecular weight excluding hydrogens is 437 g/mol. The smallest absolute Gasteiger partial charge is 0.346 e. The fourth-order valence-corrected chi connectivity index (χ4v) is 4.49. The molecule has 0 atom stereocenters. The van der Waals surface area contributed by atoms with Gasteiger partial charge in [-0.1, -0.05) is 12.1 Å². The highest BCUT2D eigenvalue weighted by Crippen LogP contribution is 2.34. The minimum absolute atomic E-state index is 0.0857. The Hall–Kier alpha value is -3.72. The molecule has 0 saturated heterocycles. The van der Waals surface area contributed by atoms with Crippen LogP contribution in [-0.2, 0) is 17.8 Å². The number of carbonyl (C=O) groups excluding carboxylic acids is 2. The number of methoxy groups -OCH3 is 1. The summed E-state index contributed by atoms with van der Waals surface area (Å²) in [6, 6.07) is 9.30. The first-order valence-corrected chi connectivity index (χ1v) is 10.5. The fourth-order valence-electron chi connectivity index (χ4n) is 3.59. The second kappa shape index (κ2) is 8.43. The van der Waals surface area contributed by atoms with E-state index in [9.17, 15) is 23.9 Å². The third kappa shape index (κ3) is 3.71. The van der Waals surface area contributed by atoms with Gasteiger partial charge in [0, 0.05) is 11.6 Å². The third-order valence-corrected chi connectivity index (χ3v) is 6.22. The van der Waals surface area contributed by atoms with Crippen LogP contribution in [0.25, 0.3) is 0 Å². The summed E-state index contributed by atoms with van der Waals surface area (Å²) in [6.45, 7) is 2.03. The fraction of sp³-hybridized carbons (Fsp3) is 0.174. The molecule has 0 spiro atoms. The summed E-state index contributed by atoms with van der Waals surface area (Å²) in [7, 11) is 1.55. The molecule has 3 aromatic rings. The molecule has 2 aromatic carbocycles. The Morgan fingerprint density at radius 2 is 2.03 bits per heavy atom. The molecule has 32 heavy (non-hydrogen) atoms. The van der Waals surface area contributed by atoms with E-state index in [4.69, 9.17) is 9.47 Å². The van der Waals surface area contributed by atoms with Crippen LogP contribution in [0.3, 0.4) is 0 Å². The predicted molar refractivity (Wildman–Crippen MR) is 115 cm³/mol. The first-order chi connectivity index (χ1) is 15.3. The number of aromatic carboxylic acids is 1. The second-order valence-electron chi connectivity index (χ2n) is 7.14. The number of anilines is 1. The standard InChI is InChI=1S/C23H18FNO6S/c1-12-4-3-5-18(30-2)15(12)10-31-14-6-7-16(24)17(9-14)25-19(26)8-13-11-32-21(23(28)29)20(13)22(25)27/h3-7,9,11H,8,10H2,1-2H3,(H,28,29). The van der Waals surface area contributed by atoms with Crippen molar-refractivity contribution in [1.29, 1.82) is 0 Å². The van der Waals surface area contributed by atoms with Crippen molar-refractivity contribution in [3.05, 3.63) is 74.7 Å². The number of imide groups is 1. The number of halogens is 1. The molecule has 0 radical (unpaired) electrons. The van der Waals surface area contributed by atoms with E-state index in [1.54, 1.807) is 13.2 Å². The quantitative estimate of drug-likeness (QED) is 0.560. The van der Waals surface area contributed by atoms with E-state index in [1.807, 2.05) is 19.1 Å². The van der Waals surface area contributed by atoms with Crippen LogP contribution in [0.1, 0.15) is 36.7 Å². The Morgan fingerprint density at radius 3 is 2.75 bits per heavy atom. The van der Waals surface area contributed by atoms with E-state index >= 15 is 0 Å². The molecule has 1 aliphatic rings. The van der Waals surface area contributed by atoms with Crippen molar-refractivity contribution in [3.63, 3.8) is 0 Å². The minimum atomic E-state index is -1.27. The Kier molecular flexibility index (Phi) is 5.67. The summed E-state index contributed by atoms with van der Waals surface area (Å²) in [5.41, 5.74) is 1.71. The number of carboxylic acid groups (broad SMARTS) is 1. The number of thiophene rings is 1. The molecule has 1 N–H and O–H groups in total. The highest BCUT2D eigenvalue weighted by Gasteiger charge is 2.38. The molecule has 0 saturated carbocycles. The van der Waals surface area contributed by atoms with E-state index in [-0.39, 0.29) is 34.9 Å². The lowest BCUT2D eigenvalue weighted by atomic mass is 10.0. The Labute approximate surface area is 186 Å². The summed E-state index contributed by atoms with van der Waals surface area (Å²) in [4.78, 5) is 37.6. The Balaban J connectivity index is 1.66. The first kappa shape index (κ1) is 21.5. The number of aryl methyl sites for hydroxylation is 1. The van der Waals surface area contributed by atoms with Gasteiger partial charge in [-0.3, -0.25) is 9.59 Å². The molecule has 1 aromatic heterocycles. The maximum atomic E-state index is 14.7. The van der Waals surface area contributed by atoms with Gasteiger partial charge in [-0.25, -0.2) is 14.1 Å². The van der Waals surface area contributed by atoms with Crippen LogP contribution in [0.5, 0.6) is 11.5 Å². The number of hydrogen-bond donors (Lipinski definition) is 1. The van der Waals surface area contributed by atoms with Gasteiger partial charge >= 0.3 is 5.97 Å². The van der Waals surface area contributed by atoms with Gasteiger partial charge in [0.05, 0.1) is 24.8 Å². The lowest BCUT2D eigenvalue weighted by molar-refractivity contribution is -0.117. The Morgan fingerprint density at radius 1 is 1.25 bits per heavy atom. The molecule has 9 heteroatoms. The van der Waals surface area contributed by atoms with Gasteiger partial charge in [-0.05, 0) is 41.6 Å². The molecule has 2 amide bonds. The van der Waals surface area contributed by atoms with Gasteiger partial charge in [-0.15, -0.1) is 11.3 Å². The normalized spacial score (nSPS) is 13.2. The van der Waals surface area contributed by atoms with E-state index < -0.39 is 23.6 Å². The monoisotopic (exact) mass is 455 g/mol.